The third-order valence-electron chi connectivity index (χ3n) is 4.11. The highest BCUT2D eigenvalue weighted by atomic mass is 16.5. The second-order valence-electron chi connectivity index (χ2n) is 6.66. The molecule has 0 aliphatic rings. The molecule has 2 N–H and O–H groups in total. The predicted octanol–water partition coefficient (Wildman–Crippen LogP) is 4.85. The summed E-state index contributed by atoms with van der Waals surface area (Å²) in [5.41, 5.74) is 0.594. The molecule has 1 unspecified atom stereocenters. The van der Waals surface area contributed by atoms with Gasteiger partial charge in [-0.25, -0.2) is 4.79 Å². The number of nitrogens with zero attached hydrogens (tertiary/aromatic N) is 1. The van der Waals surface area contributed by atoms with Gasteiger partial charge in [-0.05, 0) is 44.0 Å². The number of carbonyl (C=O) groups excluding carboxylic acids is 1. The molecule has 0 aliphatic heterocycles. The van der Waals surface area contributed by atoms with E-state index in [4.69, 9.17) is 15.1 Å². The molecule has 160 valence electrons. The van der Waals surface area contributed by atoms with E-state index in [1.54, 1.807) is 24.3 Å². The topological polar surface area (TPSA) is 125 Å². The van der Waals surface area contributed by atoms with Crippen molar-refractivity contribution in [1.82, 2.24) is 0 Å². The molecule has 1 aromatic rings. The van der Waals surface area contributed by atoms with Crippen molar-refractivity contribution in [2.24, 2.45) is 0 Å². The van der Waals surface area contributed by atoms with Gasteiger partial charge in [-0.1, -0.05) is 45.4 Å². The lowest BCUT2D eigenvalue weighted by molar-refractivity contribution is -0.145. The van der Waals surface area contributed by atoms with Crippen LogP contribution in [0.5, 0.6) is 5.75 Å². The van der Waals surface area contributed by atoms with Crippen molar-refractivity contribution in [1.29, 1.82) is 5.26 Å². The summed E-state index contributed by atoms with van der Waals surface area (Å²) in [4.78, 5) is 31.9. The fourth-order valence-corrected chi connectivity index (χ4v) is 2.52. The van der Waals surface area contributed by atoms with Gasteiger partial charge in [0, 0.05) is 5.56 Å². The normalized spacial score (nSPS) is 10.8. The molecule has 0 bridgehead atoms. The molecule has 1 rings (SSSR count). The van der Waals surface area contributed by atoms with Crippen molar-refractivity contribution in [2.75, 3.05) is 0 Å². The number of aliphatic carboxylic acids is 2. The van der Waals surface area contributed by atoms with Crippen LogP contribution in [0.1, 0.15) is 82.0 Å². The molecule has 0 spiro atoms. The molecule has 0 radical (unpaired) electrons. The quantitative estimate of drug-likeness (QED) is 0.355. The summed E-state index contributed by atoms with van der Waals surface area (Å²) in [6.45, 7) is 3.69. The first kappa shape index (κ1) is 26.1. The van der Waals surface area contributed by atoms with Crippen molar-refractivity contribution in [3.63, 3.8) is 0 Å². The molecular formula is C22H31NO6. The third kappa shape index (κ3) is 13.9. The Hall–Kier alpha value is -2.88. The Morgan fingerprint density at radius 3 is 1.97 bits per heavy atom. The van der Waals surface area contributed by atoms with Crippen LogP contribution >= 0.6 is 0 Å². The predicted molar refractivity (Wildman–Crippen MR) is 109 cm³/mol. The minimum atomic E-state index is -1.07. The zero-order chi connectivity index (χ0) is 22.1. The first-order valence-electron chi connectivity index (χ1n) is 9.91. The molecular weight excluding hydrogens is 374 g/mol. The Bertz CT molecular complexity index is 663. The average Bonchev–Trinajstić information content (AvgIpc) is 2.67. The van der Waals surface area contributed by atoms with Crippen molar-refractivity contribution in [3.05, 3.63) is 29.8 Å². The number of rotatable bonds is 13. The molecule has 0 saturated heterocycles. The van der Waals surface area contributed by atoms with E-state index in [1.807, 2.05) is 0 Å². The van der Waals surface area contributed by atoms with Crippen LogP contribution in [-0.2, 0) is 9.59 Å². The molecule has 0 aliphatic carbocycles. The first-order valence-corrected chi connectivity index (χ1v) is 9.91. The van der Waals surface area contributed by atoms with Crippen LogP contribution in [0.4, 0.5) is 0 Å². The van der Waals surface area contributed by atoms with Gasteiger partial charge >= 0.3 is 11.9 Å². The summed E-state index contributed by atoms with van der Waals surface area (Å²) in [5, 5.41) is 24.6. The molecule has 0 heterocycles. The lowest BCUT2D eigenvalue weighted by atomic mass is 10.1. The molecule has 0 fully saturated rings. The summed E-state index contributed by atoms with van der Waals surface area (Å²) in [7, 11) is 0. The van der Waals surface area contributed by atoms with Gasteiger partial charge in [0.1, 0.15) is 12.2 Å². The fourth-order valence-electron chi connectivity index (χ4n) is 2.52. The van der Waals surface area contributed by atoms with Gasteiger partial charge in [0.2, 0.25) is 0 Å². The van der Waals surface area contributed by atoms with Crippen LogP contribution in [0.2, 0.25) is 0 Å². The SMILES string of the molecule is CCCCCCCCCC(Oc1ccc(C(C)=O)cc1)C(=O)O.N#CCC(=O)O. The Morgan fingerprint density at radius 2 is 1.55 bits per heavy atom. The highest BCUT2D eigenvalue weighted by molar-refractivity contribution is 5.94. The maximum absolute atomic E-state index is 11.3. The van der Waals surface area contributed by atoms with E-state index in [2.05, 4.69) is 6.92 Å². The minimum Gasteiger partial charge on any atom is -0.480 e. The molecule has 1 aromatic carbocycles. The average molecular weight is 405 g/mol. The van der Waals surface area contributed by atoms with Crippen molar-refractivity contribution in [2.45, 2.75) is 77.7 Å². The van der Waals surface area contributed by atoms with Gasteiger partial charge in [-0.3, -0.25) is 9.59 Å². The highest BCUT2D eigenvalue weighted by Crippen LogP contribution is 2.17. The van der Waals surface area contributed by atoms with E-state index < -0.39 is 24.5 Å². The number of carbonyl (C=O) groups is 3. The Balaban J connectivity index is 0.00000113. The van der Waals surface area contributed by atoms with E-state index >= 15 is 0 Å². The summed E-state index contributed by atoms with van der Waals surface area (Å²) in [6.07, 6.45) is 7.32. The van der Waals surface area contributed by atoms with Crippen LogP contribution in [0.3, 0.4) is 0 Å². The Kier molecular flexibility index (Phi) is 14.5. The monoisotopic (exact) mass is 405 g/mol. The van der Waals surface area contributed by atoms with Gasteiger partial charge in [0.05, 0.1) is 6.07 Å². The van der Waals surface area contributed by atoms with E-state index in [1.165, 1.54) is 38.7 Å². The smallest absolute Gasteiger partial charge is 0.344 e. The zero-order valence-electron chi connectivity index (χ0n) is 17.2. The van der Waals surface area contributed by atoms with Crippen molar-refractivity contribution >= 4 is 17.7 Å². The number of nitriles is 1. The summed E-state index contributed by atoms with van der Waals surface area (Å²) in [6, 6.07) is 8.08. The highest BCUT2D eigenvalue weighted by Gasteiger charge is 2.18. The maximum Gasteiger partial charge on any atom is 0.344 e. The lowest BCUT2D eigenvalue weighted by Crippen LogP contribution is -2.26. The van der Waals surface area contributed by atoms with E-state index in [-0.39, 0.29) is 5.78 Å². The number of ether oxygens (including phenoxy) is 1. The van der Waals surface area contributed by atoms with Crippen LogP contribution in [-0.4, -0.2) is 34.0 Å². The molecule has 0 aromatic heterocycles. The number of carboxylic acid groups (broad SMARTS) is 2. The van der Waals surface area contributed by atoms with Crippen molar-refractivity contribution < 1.29 is 29.3 Å². The second kappa shape index (κ2) is 16.1. The number of benzene rings is 1. The van der Waals surface area contributed by atoms with Gasteiger partial charge in [-0.2, -0.15) is 5.26 Å². The van der Waals surface area contributed by atoms with Gasteiger partial charge in [-0.15, -0.1) is 0 Å². The Labute approximate surface area is 172 Å². The number of ketones is 1. The Morgan fingerprint density at radius 1 is 1.00 bits per heavy atom. The maximum atomic E-state index is 11.3. The van der Waals surface area contributed by atoms with Gasteiger partial charge in [0.15, 0.2) is 11.9 Å². The summed E-state index contributed by atoms with van der Waals surface area (Å²) >= 11 is 0. The van der Waals surface area contributed by atoms with Crippen LogP contribution < -0.4 is 4.74 Å². The molecule has 0 amide bonds. The molecule has 1 atom stereocenters. The summed E-state index contributed by atoms with van der Waals surface area (Å²) in [5.74, 6) is -1.54. The number of hydrogen-bond donors (Lipinski definition) is 2. The molecule has 7 nitrogen and oxygen atoms in total. The first-order chi connectivity index (χ1) is 13.8. The van der Waals surface area contributed by atoms with Crippen molar-refractivity contribution in [3.8, 4) is 11.8 Å². The van der Waals surface area contributed by atoms with E-state index in [9.17, 15) is 19.5 Å². The second-order valence-corrected chi connectivity index (χ2v) is 6.66. The van der Waals surface area contributed by atoms with E-state index in [0.29, 0.717) is 17.7 Å². The number of unbranched alkanes of at least 4 members (excludes halogenated alkanes) is 6. The zero-order valence-corrected chi connectivity index (χ0v) is 17.2. The van der Waals surface area contributed by atoms with Crippen LogP contribution in [0.15, 0.2) is 24.3 Å². The molecule has 29 heavy (non-hydrogen) atoms. The van der Waals surface area contributed by atoms with Crippen LogP contribution in [0.25, 0.3) is 0 Å². The van der Waals surface area contributed by atoms with Gasteiger partial charge in [0.25, 0.3) is 0 Å². The number of carboxylic acids is 2. The molecule has 7 heteroatoms. The summed E-state index contributed by atoms with van der Waals surface area (Å²) < 4.78 is 5.54. The minimum absolute atomic E-state index is 0.0191. The number of hydrogen-bond acceptors (Lipinski definition) is 5. The van der Waals surface area contributed by atoms with Crippen LogP contribution in [0, 0.1) is 11.3 Å². The van der Waals surface area contributed by atoms with Gasteiger partial charge < -0.3 is 14.9 Å². The largest absolute Gasteiger partial charge is 0.480 e. The lowest BCUT2D eigenvalue weighted by Gasteiger charge is -2.15. The third-order valence-corrected chi connectivity index (χ3v) is 4.11. The van der Waals surface area contributed by atoms with E-state index in [0.717, 1.165) is 19.3 Å². The fraction of sp³-hybridized carbons (Fsp3) is 0.545. The standard InChI is InChI=1S/C19H28O4.C3H3NO2/c1-3-4-5-6-7-8-9-10-18(19(21)22)23-17-13-11-16(12-14-17)15(2)20;4-2-1-3(5)6/h11-14,18H,3-10H2,1-2H3,(H,21,22);1H2,(H,5,6). The number of Topliss-reactive ketones (excluding diaryl/α,β-unsaturated/α-hetero) is 1. The molecule has 0 saturated carbocycles.